The molecule has 1 amide bonds. The largest absolute Gasteiger partial charge is 0.444 e. The van der Waals surface area contributed by atoms with Crippen molar-refractivity contribution in [3.8, 4) is 0 Å². The second-order valence-corrected chi connectivity index (χ2v) is 6.72. The third-order valence-corrected chi connectivity index (χ3v) is 3.63. The van der Waals surface area contributed by atoms with Gasteiger partial charge in [-0.3, -0.25) is 9.69 Å². The zero-order valence-electron chi connectivity index (χ0n) is 14.1. The maximum absolute atomic E-state index is 12.5. The second-order valence-electron chi connectivity index (χ2n) is 6.72. The Hall–Kier alpha value is -1.88. The summed E-state index contributed by atoms with van der Waals surface area (Å²) in [6.45, 7) is 6.51. The summed E-state index contributed by atoms with van der Waals surface area (Å²) in [6.07, 6.45) is 0.606. The Balaban J connectivity index is 1.97. The first-order chi connectivity index (χ1) is 10.9. The number of amides is 1. The van der Waals surface area contributed by atoms with Gasteiger partial charge in [0.2, 0.25) is 0 Å². The molecular weight excluding hydrogens is 294 g/mol. The second kappa shape index (κ2) is 7.59. The Morgan fingerprint density at radius 3 is 2.61 bits per heavy atom. The van der Waals surface area contributed by atoms with Gasteiger partial charge in [0, 0.05) is 13.0 Å². The molecule has 0 saturated carbocycles. The summed E-state index contributed by atoms with van der Waals surface area (Å²) in [4.78, 5) is 26.3. The van der Waals surface area contributed by atoms with Crippen molar-refractivity contribution in [3.63, 3.8) is 0 Å². The molecule has 1 unspecified atom stereocenters. The molecule has 23 heavy (non-hydrogen) atoms. The Kier molecular flexibility index (Phi) is 5.77. The molecule has 126 valence electrons. The van der Waals surface area contributed by atoms with Crippen LogP contribution in [0.5, 0.6) is 0 Å². The van der Waals surface area contributed by atoms with Crippen molar-refractivity contribution < 1.29 is 19.1 Å². The van der Waals surface area contributed by atoms with E-state index in [0.29, 0.717) is 26.0 Å². The van der Waals surface area contributed by atoms with E-state index in [0.717, 1.165) is 5.56 Å². The number of aryl methyl sites for hydroxylation is 1. The number of rotatable bonds is 4. The molecule has 1 saturated heterocycles. The van der Waals surface area contributed by atoms with Crippen LogP contribution in [0.1, 0.15) is 32.8 Å². The van der Waals surface area contributed by atoms with Crippen LogP contribution in [0.15, 0.2) is 30.3 Å². The lowest BCUT2D eigenvalue weighted by Crippen LogP contribution is -2.53. The van der Waals surface area contributed by atoms with Gasteiger partial charge in [-0.25, -0.2) is 4.79 Å². The van der Waals surface area contributed by atoms with Crippen LogP contribution in [-0.4, -0.2) is 48.2 Å². The van der Waals surface area contributed by atoms with Gasteiger partial charge in [-0.15, -0.1) is 0 Å². The van der Waals surface area contributed by atoms with E-state index in [4.69, 9.17) is 9.47 Å². The van der Waals surface area contributed by atoms with Crippen LogP contribution in [0.2, 0.25) is 0 Å². The summed E-state index contributed by atoms with van der Waals surface area (Å²) in [7, 11) is 0. The maximum Gasteiger partial charge on any atom is 0.411 e. The molecule has 0 N–H and O–H groups in total. The molecule has 1 fully saturated rings. The summed E-state index contributed by atoms with van der Waals surface area (Å²) in [5.74, 6) is 0.0133. The number of benzene rings is 1. The molecule has 1 aliphatic heterocycles. The number of nitrogens with zero attached hydrogens (tertiary/aromatic N) is 1. The lowest BCUT2D eigenvalue weighted by molar-refractivity contribution is -0.130. The first-order valence-electron chi connectivity index (χ1n) is 8.01. The minimum absolute atomic E-state index is 0.0133. The SMILES string of the molecule is CC(C)(C)OC(=O)N1CCOCC1C(=O)CCc1ccccc1. The Labute approximate surface area is 137 Å². The summed E-state index contributed by atoms with van der Waals surface area (Å²) in [5.41, 5.74) is 0.536. The molecule has 5 nitrogen and oxygen atoms in total. The van der Waals surface area contributed by atoms with Gasteiger partial charge in [-0.2, -0.15) is 0 Å². The highest BCUT2D eigenvalue weighted by Gasteiger charge is 2.34. The van der Waals surface area contributed by atoms with Gasteiger partial charge in [0.15, 0.2) is 5.78 Å². The van der Waals surface area contributed by atoms with Gasteiger partial charge in [0.1, 0.15) is 11.6 Å². The molecule has 1 aromatic carbocycles. The fourth-order valence-electron chi connectivity index (χ4n) is 2.49. The molecule has 0 radical (unpaired) electrons. The molecule has 1 atom stereocenters. The molecule has 1 heterocycles. The average molecular weight is 319 g/mol. The Morgan fingerprint density at radius 1 is 1.26 bits per heavy atom. The van der Waals surface area contributed by atoms with Crippen LogP contribution in [0.25, 0.3) is 0 Å². The van der Waals surface area contributed by atoms with E-state index in [1.807, 2.05) is 51.1 Å². The fourth-order valence-corrected chi connectivity index (χ4v) is 2.49. The standard InChI is InChI=1S/C18H25NO4/c1-18(2,3)23-17(21)19-11-12-22-13-15(19)16(20)10-9-14-7-5-4-6-8-14/h4-8,15H,9-13H2,1-3H3. The van der Waals surface area contributed by atoms with Crippen molar-refractivity contribution in [1.82, 2.24) is 4.90 Å². The van der Waals surface area contributed by atoms with E-state index < -0.39 is 17.7 Å². The summed E-state index contributed by atoms with van der Waals surface area (Å²) in [5, 5.41) is 0. The van der Waals surface area contributed by atoms with Gasteiger partial charge in [0.05, 0.1) is 13.2 Å². The lowest BCUT2D eigenvalue weighted by Gasteiger charge is -2.35. The lowest BCUT2D eigenvalue weighted by atomic mass is 10.0. The van der Waals surface area contributed by atoms with Crippen LogP contribution in [0.3, 0.4) is 0 Å². The highest BCUT2D eigenvalue weighted by atomic mass is 16.6. The van der Waals surface area contributed by atoms with E-state index in [2.05, 4.69) is 0 Å². The molecule has 0 aromatic heterocycles. The maximum atomic E-state index is 12.5. The molecular formula is C18H25NO4. The zero-order valence-corrected chi connectivity index (χ0v) is 14.1. The topological polar surface area (TPSA) is 55.8 Å². The normalized spacial score (nSPS) is 18.6. The number of ether oxygens (including phenoxy) is 2. The van der Waals surface area contributed by atoms with Crippen LogP contribution in [-0.2, 0) is 20.7 Å². The number of hydrogen-bond donors (Lipinski definition) is 0. The number of hydrogen-bond acceptors (Lipinski definition) is 4. The van der Waals surface area contributed by atoms with Crippen LogP contribution in [0, 0.1) is 0 Å². The summed E-state index contributed by atoms with van der Waals surface area (Å²) >= 11 is 0. The van der Waals surface area contributed by atoms with Crippen molar-refractivity contribution in [1.29, 1.82) is 0 Å². The molecule has 1 aliphatic rings. The van der Waals surface area contributed by atoms with Gasteiger partial charge in [-0.1, -0.05) is 30.3 Å². The van der Waals surface area contributed by atoms with E-state index in [1.54, 1.807) is 0 Å². The van der Waals surface area contributed by atoms with Crippen molar-refractivity contribution in [3.05, 3.63) is 35.9 Å². The molecule has 5 heteroatoms. The average Bonchev–Trinajstić information content (AvgIpc) is 2.52. The fraction of sp³-hybridized carbons (Fsp3) is 0.556. The number of morpholine rings is 1. The highest BCUT2D eigenvalue weighted by molar-refractivity contribution is 5.88. The van der Waals surface area contributed by atoms with Crippen molar-refractivity contribution in [2.75, 3.05) is 19.8 Å². The van der Waals surface area contributed by atoms with Crippen molar-refractivity contribution in [2.24, 2.45) is 0 Å². The van der Waals surface area contributed by atoms with Crippen LogP contribution < -0.4 is 0 Å². The van der Waals surface area contributed by atoms with E-state index >= 15 is 0 Å². The highest BCUT2D eigenvalue weighted by Crippen LogP contribution is 2.17. The van der Waals surface area contributed by atoms with Gasteiger partial charge in [0.25, 0.3) is 0 Å². The molecule has 0 aliphatic carbocycles. The number of Topliss-reactive ketones (excluding diaryl/α,β-unsaturated/α-hetero) is 1. The third-order valence-electron chi connectivity index (χ3n) is 3.63. The molecule has 2 rings (SSSR count). The minimum atomic E-state index is -0.576. The van der Waals surface area contributed by atoms with Gasteiger partial charge >= 0.3 is 6.09 Å². The quantitative estimate of drug-likeness (QED) is 0.856. The van der Waals surface area contributed by atoms with Crippen LogP contribution in [0.4, 0.5) is 4.79 Å². The van der Waals surface area contributed by atoms with E-state index in [9.17, 15) is 9.59 Å². The zero-order chi connectivity index (χ0) is 16.9. The first kappa shape index (κ1) is 17.5. The van der Waals surface area contributed by atoms with Crippen molar-refractivity contribution in [2.45, 2.75) is 45.3 Å². The predicted octanol–water partition coefficient (Wildman–Crippen LogP) is 2.82. The van der Waals surface area contributed by atoms with E-state index in [-0.39, 0.29) is 12.4 Å². The monoisotopic (exact) mass is 319 g/mol. The predicted molar refractivity (Wildman–Crippen MR) is 87.3 cm³/mol. The van der Waals surface area contributed by atoms with Crippen molar-refractivity contribution >= 4 is 11.9 Å². The Bertz CT molecular complexity index is 536. The smallest absolute Gasteiger partial charge is 0.411 e. The molecule has 1 aromatic rings. The number of carbonyl (C=O) groups excluding carboxylic acids is 2. The first-order valence-corrected chi connectivity index (χ1v) is 8.01. The van der Waals surface area contributed by atoms with Crippen LogP contribution >= 0.6 is 0 Å². The number of ketones is 1. The molecule has 0 bridgehead atoms. The van der Waals surface area contributed by atoms with E-state index in [1.165, 1.54) is 4.90 Å². The Morgan fingerprint density at radius 2 is 1.96 bits per heavy atom. The van der Waals surface area contributed by atoms with Gasteiger partial charge in [-0.05, 0) is 32.8 Å². The molecule has 0 spiro atoms. The van der Waals surface area contributed by atoms with Gasteiger partial charge < -0.3 is 9.47 Å². The number of carbonyl (C=O) groups is 2. The summed E-state index contributed by atoms with van der Waals surface area (Å²) in [6, 6.07) is 9.30. The third kappa shape index (κ3) is 5.36. The minimum Gasteiger partial charge on any atom is -0.444 e. The summed E-state index contributed by atoms with van der Waals surface area (Å²) < 4.78 is 10.8.